The number of H-pyrrole nitrogens is 1. The highest BCUT2D eigenvalue weighted by atomic mass is 16.7. The largest absolute Gasteiger partial charge is 0.513 e. The molecule has 0 fully saturated rings. The van der Waals surface area contributed by atoms with Gasteiger partial charge in [-0.1, -0.05) is 13.3 Å². The third kappa shape index (κ3) is 3.91. The van der Waals surface area contributed by atoms with Crippen molar-refractivity contribution < 1.29 is 23.7 Å². The number of methoxy groups -OCH3 is 1. The number of aryl methyl sites for hydroxylation is 1. The number of nitrogens with zero attached hydrogens (tertiary/aromatic N) is 1. The molecule has 2 aliphatic rings. The summed E-state index contributed by atoms with van der Waals surface area (Å²) in [6.45, 7) is 5.78. The molecular weight excluding hydrogens is 420 g/mol. The molecule has 0 bridgehead atoms. The number of carbonyl (C=O) groups excluding carboxylic acids is 1. The molecule has 2 aromatic carbocycles. The van der Waals surface area contributed by atoms with Crippen molar-refractivity contribution in [1.29, 1.82) is 0 Å². The van der Waals surface area contributed by atoms with Gasteiger partial charge in [0.15, 0.2) is 12.0 Å². The van der Waals surface area contributed by atoms with Crippen LogP contribution in [0.15, 0.2) is 30.3 Å². The van der Waals surface area contributed by atoms with Gasteiger partial charge in [-0.3, -0.25) is 4.90 Å². The first-order valence-corrected chi connectivity index (χ1v) is 11.7. The third-order valence-electron chi connectivity index (χ3n) is 6.50. The number of benzene rings is 2. The van der Waals surface area contributed by atoms with Crippen molar-refractivity contribution in [1.82, 2.24) is 9.88 Å². The lowest BCUT2D eigenvalue weighted by molar-refractivity contribution is -0.00964. The van der Waals surface area contributed by atoms with E-state index in [-0.39, 0.29) is 12.8 Å². The van der Waals surface area contributed by atoms with Crippen LogP contribution in [0.1, 0.15) is 55.3 Å². The normalized spacial score (nSPS) is 17.0. The van der Waals surface area contributed by atoms with Crippen molar-refractivity contribution >= 4 is 17.1 Å². The van der Waals surface area contributed by atoms with Crippen LogP contribution in [0.4, 0.5) is 4.79 Å². The van der Waals surface area contributed by atoms with Gasteiger partial charge < -0.3 is 23.9 Å². The Hall–Kier alpha value is -3.19. The average Bonchev–Trinajstić information content (AvgIpc) is 3.18. The lowest BCUT2D eigenvalue weighted by Crippen LogP contribution is -2.40. The standard InChI is InChI=1S/C26H30N2O5/c1-4-6-7-21-24(33-26(29)31-5-2)23-19-15-28-13-12-16-14-17(30-3)8-9-18(16)25(28)32-22(19)11-10-20(23)27-21/h8-11,14,25,27H,4-7,12-13,15H2,1-3H3. The third-order valence-corrected chi connectivity index (χ3v) is 6.50. The van der Waals surface area contributed by atoms with E-state index in [0.717, 1.165) is 65.9 Å². The summed E-state index contributed by atoms with van der Waals surface area (Å²) in [4.78, 5) is 18.1. The molecule has 1 unspecified atom stereocenters. The fraction of sp³-hybridized carbons (Fsp3) is 0.423. The quantitative estimate of drug-likeness (QED) is 0.500. The molecule has 2 aliphatic heterocycles. The van der Waals surface area contributed by atoms with E-state index in [1.54, 1.807) is 14.0 Å². The maximum Gasteiger partial charge on any atom is 0.513 e. The summed E-state index contributed by atoms with van der Waals surface area (Å²) >= 11 is 0. The highest BCUT2D eigenvalue weighted by Gasteiger charge is 2.35. The molecule has 7 nitrogen and oxygen atoms in total. The van der Waals surface area contributed by atoms with E-state index in [0.29, 0.717) is 12.3 Å². The van der Waals surface area contributed by atoms with E-state index < -0.39 is 6.16 Å². The van der Waals surface area contributed by atoms with Crippen LogP contribution in [0.2, 0.25) is 0 Å². The van der Waals surface area contributed by atoms with E-state index in [4.69, 9.17) is 18.9 Å². The van der Waals surface area contributed by atoms with Crippen LogP contribution in [0.25, 0.3) is 10.9 Å². The SMILES string of the molecule is CCCCc1[nH]c2ccc3c(c2c1OC(=O)OCC)CN1CCc2cc(OC)ccc2C1O3. The Balaban J connectivity index is 1.56. The number of aromatic nitrogens is 1. The van der Waals surface area contributed by atoms with Gasteiger partial charge in [0.1, 0.15) is 11.5 Å². The second-order valence-electron chi connectivity index (χ2n) is 8.54. The van der Waals surface area contributed by atoms with Gasteiger partial charge in [-0.15, -0.1) is 0 Å². The number of fused-ring (bicyclic) bond motifs is 6. The summed E-state index contributed by atoms with van der Waals surface area (Å²) in [5, 5.41) is 0.908. The predicted octanol–water partition coefficient (Wildman–Crippen LogP) is 5.50. The van der Waals surface area contributed by atoms with Crippen LogP contribution in [0, 0.1) is 0 Å². The monoisotopic (exact) mass is 450 g/mol. The van der Waals surface area contributed by atoms with Crippen LogP contribution in [0.5, 0.6) is 17.2 Å². The molecule has 1 atom stereocenters. The summed E-state index contributed by atoms with van der Waals surface area (Å²) < 4.78 is 22.8. The predicted molar refractivity (Wildman–Crippen MR) is 125 cm³/mol. The number of rotatable bonds is 6. The first-order valence-electron chi connectivity index (χ1n) is 11.7. The molecular formula is C26H30N2O5. The molecule has 174 valence electrons. The van der Waals surface area contributed by atoms with Gasteiger partial charge in [-0.25, -0.2) is 4.79 Å². The van der Waals surface area contributed by atoms with Crippen LogP contribution in [-0.4, -0.2) is 36.3 Å². The Morgan fingerprint density at radius 1 is 1.24 bits per heavy atom. The number of unbranched alkanes of at least 4 members (excludes halogenated alkanes) is 1. The molecule has 5 rings (SSSR count). The molecule has 0 aliphatic carbocycles. The number of nitrogens with one attached hydrogen (secondary N) is 1. The molecule has 3 aromatic rings. The fourth-order valence-electron chi connectivity index (χ4n) is 4.87. The highest BCUT2D eigenvalue weighted by Crippen LogP contribution is 2.45. The van der Waals surface area contributed by atoms with E-state index in [2.05, 4.69) is 28.9 Å². The topological polar surface area (TPSA) is 73.0 Å². The van der Waals surface area contributed by atoms with Crippen LogP contribution < -0.4 is 14.2 Å². The summed E-state index contributed by atoms with van der Waals surface area (Å²) in [5.41, 5.74) is 5.34. The Labute approximate surface area is 193 Å². The van der Waals surface area contributed by atoms with Gasteiger partial charge in [0.25, 0.3) is 0 Å². The molecule has 0 radical (unpaired) electrons. The van der Waals surface area contributed by atoms with Crippen molar-refractivity contribution in [2.24, 2.45) is 0 Å². The number of aromatic amines is 1. The van der Waals surface area contributed by atoms with Crippen molar-refractivity contribution in [2.75, 3.05) is 20.3 Å². The number of ether oxygens (including phenoxy) is 4. The minimum absolute atomic E-state index is 0.141. The van der Waals surface area contributed by atoms with Crippen LogP contribution in [0.3, 0.4) is 0 Å². The zero-order valence-corrected chi connectivity index (χ0v) is 19.4. The molecule has 7 heteroatoms. The molecule has 3 heterocycles. The average molecular weight is 451 g/mol. The minimum Gasteiger partial charge on any atom is -0.497 e. The Morgan fingerprint density at radius 2 is 2.12 bits per heavy atom. The van der Waals surface area contributed by atoms with Crippen molar-refractivity contribution in [3.8, 4) is 17.2 Å². The second-order valence-corrected chi connectivity index (χ2v) is 8.54. The Bertz CT molecular complexity index is 1190. The molecule has 33 heavy (non-hydrogen) atoms. The Kier molecular flexibility index (Phi) is 5.89. The summed E-state index contributed by atoms with van der Waals surface area (Å²) in [7, 11) is 1.69. The van der Waals surface area contributed by atoms with Gasteiger partial charge in [0.2, 0.25) is 0 Å². The van der Waals surface area contributed by atoms with Gasteiger partial charge in [-0.05, 0) is 62.1 Å². The lowest BCUT2D eigenvalue weighted by atomic mass is 9.95. The van der Waals surface area contributed by atoms with Crippen molar-refractivity contribution in [3.05, 3.63) is 52.7 Å². The molecule has 0 saturated carbocycles. The van der Waals surface area contributed by atoms with Crippen LogP contribution in [-0.2, 0) is 24.1 Å². The molecule has 1 aromatic heterocycles. The lowest BCUT2D eigenvalue weighted by Gasteiger charge is -2.41. The zero-order valence-electron chi connectivity index (χ0n) is 19.4. The number of carbonyl (C=O) groups is 1. The highest BCUT2D eigenvalue weighted by molar-refractivity contribution is 5.94. The minimum atomic E-state index is -0.677. The molecule has 0 spiro atoms. The molecule has 0 saturated heterocycles. The van der Waals surface area contributed by atoms with E-state index in [9.17, 15) is 4.79 Å². The summed E-state index contributed by atoms with van der Waals surface area (Å²) in [6, 6.07) is 10.2. The maximum atomic E-state index is 12.3. The first kappa shape index (κ1) is 21.6. The smallest absolute Gasteiger partial charge is 0.497 e. The zero-order chi connectivity index (χ0) is 22.9. The summed E-state index contributed by atoms with van der Waals surface area (Å²) in [6.07, 6.45) is 2.96. The van der Waals surface area contributed by atoms with Gasteiger partial charge in [-0.2, -0.15) is 0 Å². The first-order chi connectivity index (χ1) is 16.1. The van der Waals surface area contributed by atoms with Gasteiger partial charge in [0.05, 0.1) is 30.3 Å². The Morgan fingerprint density at radius 3 is 2.91 bits per heavy atom. The van der Waals surface area contributed by atoms with Crippen molar-refractivity contribution in [3.63, 3.8) is 0 Å². The number of hydrogen-bond acceptors (Lipinski definition) is 6. The van der Waals surface area contributed by atoms with Gasteiger partial charge >= 0.3 is 6.16 Å². The fourth-order valence-corrected chi connectivity index (χ4v) is 4.87. The molecule has 0 amide bonds. The summed E-state index contributed by atoms with van der Waals surface area (Å²) in [5.74, 6) is 2.26. The van der Waals surface area contributed by atoms with Gasteiger partial charge in [0, 0.05) is 24.2 Å². The van der Waals surface area contributed by atoms with E-state index >= 15 is 0 Å². The maximum absolute atomic E-state index is 12.3. The molecule has 1 N–H and O–H groups in total. The van der Waals surface area contributed by atoms with E-state index in [1.165, 1.54) is 11.1 Å². The van der Waals surface area contributed by atoms with Crippen molar-refractivity contribution in [2.45, 2.75) is 52.3 Å². The van der Waals surface area contributed by atoms with Crippen LogP contribution >= 0.6 is 0 Å². The number of hydrogen-bond donors (Lipinski definition) is 1. The second kappa shape index (κ2) is 8.98. The van der Waals surface area contributed by atoms with E-state index in [1.807, 2.05) is 18.2 Å².